The Hall–Kier alpha value is -1.80. The fourth-order valence-electron chi connectivity index (χ4n) is 2.46. The molecule has 0 amide bonds. The van der Waals surface area contributed by atoms with Gasteiger partial charge in [0.25, 0.3) is 0 Å². The van der Waals surface area contributed by atoms with Gasteiger partial charge in [0.05, 0.1) is 6.10 Å². The van der Waals surface area contributed by atoms with E-state index < -0.39 is 0 Å². The number of ether oxygens (including phenoxy) is 1. The third kappa shape index (κ3) is 2.96. The third-order valence-corrected chi connectivity index (χ3v) is 3.69. The maximum atomic E-state index is 9.37. The van der Waals surface area contributed by atoms with E-state index in [0.29, 0.717) is 12.5 Å². The lowest BCUT2D eigenvalue weighted by atomic mass is 9.78. The van der Waals surface area contributed by atoms with Crippen molar-refractivity contribution in [2.75, 3.05) is 0 Å². The molecular weight excluding hydrogens is 236 g/mol. The first kappa shape index (κ1) is 12.2. The van der Waals surface area contributed by atoms with Crippen LogP contribution in [-0.2, 0) is 6.61 Å². The number of aliphatic hydroxyl groups excluding tert-OH is 1. The zero-order valence-corrected chi connectivity index (χ0v) is 10.8. The number of benzene rings is 2. The highest BCUT2D eigenvalue weighted by Gasteiger charge is 2.28. The summed E-state index contributed by atoms with van der Waals surface area (Å²) in [6.07, 6.45) is 1.64. The second-order valence-corrected chi connectivity index (χ2v) is 5.17. The van der Waals surface area contributed by atoms with Gasteiger partial charge in [-0.3, -0.25) is 0 Å². The summed E-state index contributed by atoms with van der Waals surface area (Å²) in [4.78, 5) is 0. The molecule has 0 unspecified atom stereocenters. The SMILES string of the molecule is OC1CC(c2cccc(OCc3ccccc3)c2)C1. The van der Waals surface area contributed by atoms with Gasteiger partial charge in [-0.2, -0.15) is 0 Å². The monoisotopic (exact) mass is 254 g/mol. The third-order valence-electron chi connectivity index (χ3n) is 3.69. The molecule has 3 rings (SSSR count). The van der Waals surface area contributed by atoms with Gasteiger partial charge in [0.1, 0.15) is 12.4 Å². The molecule has 19 heavy (non-hydrogen) atoms. The van der Waals surface area contributed by atoms with Gasteiger partial charge in [-0.25, -0.2) is 0 Å². The highest BCUT2D eigenvalue weighted by molar-refractivity contribution is 5.32. The zero-order valence-electron chi connectivity index (χ0n) is 10.8. The van der Waals surface area contributed by atoms with E-state index in [1.165, 1.54) is 11.1 Å². The van der Waals surface area contributed by atoms with E-state index in [1.54, 1.807) is 0 Å². The summed E-state index contributed by atoms with van der Waals surface area (Å²) in [7, 11) is 0. The Labute approximate surface area is 113 Å². The molecule has 0 bridgehead atoms. The van der Waals surface area contributed by atoms with Crippen LogP contribution in [-0.4, -0.2) is 11.2 Å². The molecule has 0 atom stereocenters. The number of hydrogen-bond donors (Lipinski definition) is 1. The van der Waals surface area contributed by atoms with Crippen molar-refractivity contribution in [3.63, 3.8) is 0 Å². The average Bonchev–Trinajstić information content (AvgIpc) is 2.43. The van der Waals surface area contributed by atoms with Crippen molar-refractivity contribution in [3.8, 4) is 5.75 Å². The number of hydrogen-bond acceptors (Lipinski definition) is 2. The second-order valence-electron chi connectivity index (χ2n) is 5.17. The first-order valence-corrected chi connectivity index (χ1v) is 6.76. The Morgan fingerprint density at radius 1 is 1.00 bits per heavy atom. The van der Waals surface area contributed by atoms with Crippen molar-refractivity contribution >= 4 is 0 Å². The minimum absolute atomic E-state index is 0.112. The van der Waals surface area contributed by atoms with Crippen LogP contribution in [0.3, 0.4) is 0 Å². The Bertz CT molecular complexity index is 530. The van der Waals surface area contributed by atoms with Gasteiger partial charge < -0.3 is 9.84 Å². The van der Waals surface area contributed by atoms with E-state index in [0.717, 1.165) is 18.6 Å². The molecule has 98 valence electrons. The Balaban J connectivity index is 1.63. The van der Waals surface area contributed by atoms with E-state index in [-0.39, 0.29) is 6.10 Å². The molecule has 0 radical (unpaired) electrons. The van der Waals surface area contributed by atoms with Crippen LogP contribution in [0, 0.1) is 0 Å². The summed E-state index contributed by atoms with van der Waals surface area (Å²) in [6.45, 7) is 0.595. The summed E-state index contributed by atoms with van der Waals surface area (Å²) in [5.74, 6) is 1.40. The zero-order chi connectivity index (χ0) is 13.1. The fraction of sp³-hybridized carbons (Fsp3) is 0.294. The minimum Gasteiger partial charge on any atom is -0.489 e. The van der Waals surface area contributed by atoms with Crippen molar-refractivity contribution in [2.45, 2.75) is 31.5 Å². The maximum Gasteiger partial charge on any atom is 0.120 e. The van der Waals surface area contributed by atoms with E-state index in [2.05, 4.69) is 24.3 Å². The highest BCUT2D eigenvalue weighted by atomic mass is 16.5. The predicted octanol–water partition coefficient (Wildman–Crippen LogP) is 3.50. The normalized spacial score (nSPS) is 21.7. The predicted molar refractivity (Wildman–Crippen MR) is 75.2 cm³/mol. The molecule has 0 spiro atoms. The lowest BCUT2D eigenvalue weighted by Crippen LogP contribution is -2.26. The van der Waals surface area contributed by atoms with Crippen molar-refractivity contribution in [1.29, 1.82) is 0 Å². The molecule has 2 aromatic carbocycles. The van der Waals surface area contributed by atoms with Crippen molar-refractivity contribution in [3.05, 3.63) is 65.7 Å². The van der Waals surface area contributed by atoms with Gasteiger partial charge in [0.15, 0.2) is 0 Å². The topological polar surface area (TPSA) is 29.5 Å². The van der Waals surface area contributed by atoms with E-state index >= 15 is 0 Å². The van der Waals surface area contributed by atoms with Crippen LogP contribution in [0.25, 0.3) is 0 Å². The molecule has 1 fully saturated rings. The average molecular weight is 254 g/mol. The second kappa shape index (κ2) is 5.45. The molecule has 2 heteroatoms. The Morgan fingerprint density at radius 2 is 1.79 bits per heavy atom. The highest BCUT2D eigenvalue weighted by Crippen LogP contribution is 2.37. The smallest absolute Gasteiger partial charge is 0.120 e. The molecule has 1 N–H and O–H groups in total. The molecule has 0 saturated heterocycles. The standard InChI is InChI=1S/C17H18O2/c18-16-9-15(10-16)14-7-4-8-17(11-14)19-12-13-5-2-1-3-6-13/h1-8,11,15-16,18H,9-10,12H2. The first-order valence-electron chi connectivity index (χ1n) is 6.76. The van der Waals surface area contributed by atoms with Gasteiger partial charge in [0, 0.05) is 0 Å². The van der Waals surface area contributed by atoms with E-state index in [1.807, 2.05) is 30.3 Å². The van der Waals surface area contributed by atoms with Crippen LogP contribution in [0.2, 0.25) is 0 Å². The maximum absolute atomic E-state index is 9.37. The molecule has 1 aliphatic rings. The van der Waals surface area contributed by atoms with Crippen molar-refractivity contribution < 1.29 is 9.84 Å². The quantitative estimate of drug-likeness (QED) is 0.904. The summed E-state index contributed by atoms with van der Waals surface area (Å²) in [5.41, 5.74) is 2.45. The van der Waals surface area contributed by atoms with Gasteiger partial charge in [-0.05, 0) is 42.0 Å². The van der Waals surface area contributed by atoms with Crippen molar-refractivity contribution in [2.24, 2.45) is 0 Å². The number of aliphatic hydroxyl groups is 1. The Kier molecular flexibility index (Phi) is 3.51. The van der Waals surface area contributed by atoms with Gasteiger partial charge in [-0.15, -0.1) is 0 Å². The molecular formula is C17H18O2. The summed E-state index contributed by atoms with van der Waals surface area (Å²) in [5, 5.41) is 9.37. The lowest BCUT2D eigenvalue weighted by molar-refractivity contribution is 0.0745. The molecule has 0 aromatic heterocycles. The van der Waals surface area contributed by atoms with Gasteiger partial charge in [-0.1, -0.05) is 42.5 Å². The molecule has 2 nitrogen and oxygen atoms in total. The van der Waals surface area contributed by atoms with Crippen LogP contribution in [0.15, 0.2) is 54.6 Å². The van der Waals surface area contributed by atoms with Crippen LogP contribution < -0.4 is 4.74 Å². The van der Waals surface area contributed by atoms with E-state index in [4.69, 9.17) is 4.74 Å². The van der Waals surface area contributed by atoms with E-state index in [9.17, 15) is 5.11 Å². The van der Waals surface area contributed by atoms with Crippen LogP contribution >= 0.6 is 0 Å². The van der Waals surface area contributed by atoms with Crippen molar-refractivity contribution in [1.82, 2.24) is 0 Å². The lowest BCUT2D eigenvalue weighted by Gasteiger charge is -2.31. The van der Waals surface area contributed by atoms with Crippen LogP contribution in [0.1, 0.15) is 29.9 Å². The van der Waals surface area contributed by atoms with Gasteiger partial charge >= 0.3 is 0 Å². The summed E-state index contributed by atoms with van der Waals surface area (Å²) >= 11 is 0. The first-order chi connectivity index (χ1) is 9.31. The molecule has 1 aliphatic carbocycles. The minimum atomic E-state index is -0.112. The van der Waals surface area contributed by atoms with Crippen LogP contribution in [0.4, 0.5) is 0 Å². The fourth-order valence-corrected chi connectivity index (χ4v) is 2.46. The summed E-state index contributed by atoms with van der Waals surface area (Å²) < 4.78 is 5.82. The molecule has 1 saturated carbocycles. The molecule has 2 aromatic rings. The number of rotatable bonds is 4. The van der Waals surface area contributed by atoms with Crippen LogP contribution in [0.5, 0.6) is 5.75 Å². The molecule has 0 aliphatic heterocycles. The van der Waals surface area contributed by atoms with Gasteiger partial charge in [0.2, 0.25) is 0 Å². The Morgan fingerprint density at radius 3 is 2.53 bits per heavy atom. The largest absolute Gasteiger partial charge is 0.489 e. The molecule has 0 heterocycles. The summed E-state index contributed by atoms with van der Waals surface area (Å²) in [6, 6.07) is 18.4.